The second-order valence-corrected chi connectivity index (χ2v) is 4.85. The number of rotatable bonds is 4. The van der Waals surface area contributed by atoms with Crippen LogP contribution in [0.15, 0.2) is 28.7 Å². The molecule has 1 rings (SSSR count). The van der Waals surface area contributed by atoms with Crippen molar-refractivity contribution < 1.29 is 4.79 Å². The summed E-state index contributed by atoms with van der Waals surface area (Å²) in [6, 6.07) is 8.91. The fraction of sp³-hybridized carbons (Fsp3) is 0.385. The molecule has 3 nitrogen and oxygen atoms in total. The number of amides is 1. The van der Waals surface area contributed by atoms with E-state index in [1.54, 1.807) is 0 Å². The Hall–Kier alpha value is -1.34. The third-order valence-electron chi connectivity index (χ3n) is 2.66. The molecule has 0 bridgehead atoms. The molecule has 0 heterocycles. The quantitative estimate of drug-likeness (QED) is 0.927. The third-order valence-corrected chi connectivity index (χ3v) is 3.15. The van der Waals surface area contributed by atoms with Crippen LogP contribution in [0.25, 0.3) is 0 Å². The van der Waals surface area contributed by atoms with Gasteiger partial charge in [-0.1, -0.05) is 41.9 Å². The lowest BCUT2D eigenvalue weighted by Gasteiger charge is -2.15. The Bertz CT molecular complexity index is 439. The van der Waals surface area contributed by atoms with Crippen molar-refractivity contribution >= 4 is 21.8 Å². The largest absolute Gasteiger partial charge is 0.336 e. The summed E-state index contributed by atoms with van der Waals surface area (Å²) in [7, 11) is 0. The van der Waals surface area contributed by atoms with Gasteiger partial charge in [0.2, 0.25) is 5.91 Å². The van der Waals surface area contributed by atoms with Crippen molar-refractivity contribution in [2.24, 2.45) is 5.92 Å². The number of halogens is 1. The summed E-state index contributed by atoms with van der Waals surface area (Å²) in [4.78, 5) is 11.7. The smallest absolute Gasteiger partial charge is 0.224 e. The molecule has 0 fully saturated rings. The van der Waals surface area contributed by atoms with E-state index in [1.165, 1.54) is 0 Å². The van der Waals surface area contributed by atoms with E-state index in [0.29, 0.717) is 0 Å². The van der Waals surface area contributed by atoms with Crippen LogP contribution in [0.1, 0.15) is 31.9 Å². The molecule has 4 heteroatoms. The molecular weight excluding hydrogens is 280 g/mol. The van der Waals surface area contributed by atoms with E-state index >= 15 is 0 Å². The van der Waals surface area contributed by atoms with Gasteiger partial charge in [0.1, 0.15) is 6.04 Å². The van der Waals surface area contributed by atoms with Crippen LogP contribution in [-0.2, 0) is 4.79 Å². The van der Waals surface area contributed by atoms with Gasteiger partial charge in [-0.05, 0) is 24.1 Å². The van der Waals surface area contributed by atoms with Gasteiger partial charge in [-0.2, -0.15) is 5.26 Å². The summed E-state index contributed by atoms with van der Waals surface area (Å²) in [5.41, 5.74) is 0.790. The second-order valence-electron chi connectivity index (χ2n) is 3.94. The zero-order valence-electron chi connectivity index (χ0n) is 9.90. The van der Waals surface area contributed by atoms with Crippen molar-refractivity contribution in [1.82, 2.24) is 5.32 Å². The Kier molecular flexibility index (Phi) is 5.17. The van der Waals surface area contributed by atoms with Crippen LogP contribution >= 0.6 is 15.9 Å². The van der Waals surface area contributed by atoms with Crippen LogP contribution in [-0.4, -0.2) is 5.91 Å². The molecule has 90 valence electrons. The molecule has 17 heavy (non-hydrogen) atoms. The fourth-order valence-electron chi connectivity index (χ4n) is 1.35. The highest BCUT2D eigenvalue weighted by atomic mass is 79.9. The summed E-state index contributed by atoms with van der Waals surface area (Å²) < 4.78 is 0.896. The van der Waals surface area contributed by atoms with Crippen molar-refractivity contribution in [2.45, 2.75) is 26.3 Å². The average molecular weight is 295 g/mol. The maximum atomic E-state index is 11.7. The predicted octanol–water partition coefficient (Wildman–Crippen LogP) is 3.18. The lowest BCUT2D eigenvalue weighted by molar-refractivity contribution is -0.125. The Balaban J connectivity index is 2.80. The summed E-state index contributed by atoms with van der Waals surface area (Å²) >= 11 is 3.35. The first-order valence-electron chi connectivity index (χ1n) is 5.54. The maximum absolute atomic E-state index is 11.7. The van der Waals surface area contributed by atoms with Crippen LogP contribution < -0.4 is 5.32 Å². The average Bonchev–Trinajstić information content (AvgIpc) is 2.34. The van der Waals surface area contributed by atoms with E-state index in [9.17, 15) is 4.79 Å². The maximum Gasteiger partial charge on any atom is 0.224 e. The molecule has 0 aliphatic heterocycles. The molecule has 2 atom stereocenters. The van der Waals surface area contributed by atoms with Gasteiger partial charge < -0.3 is 5.32 Å². The lowest BCUT2D eigenvalue weighted by Crippen LogP contribution is -2.32. The first-order valence-corrected chi connectivity index (χ1v) is 6.33. The monoisotopic (exact) mass is 294 g/mol. The van der Waals surface area contributed by atoms with Gasteiger partial charge in [0.15, 0.2) is 0 Å². The molecule has 0 radical (unpaired) electrons. The van der Waals surface area contributed by atoms with Crippen LogP contribution in [0.2, 0.25) is 0 Å². The summed E-state index contributed by atoms with van der Waals surface area (Å²) in [6.45, 7) is 3.80. The minimum atomic E-state index is -0.589. The highest BCUT2D eigenvalue weighted by Crippen LogP contribution is 2.18. The molecule has 0 saturated heterocycles. The molecule has 1 amide bonds. The molecule has 0 aliphatic carbocycles. The number of nitrogens with zero attached hydrogens (tertiary/aromatic N) is 1. The van der Waals surface area contributed by atoms with Gasteiger partial charge in [0.25, 0.3) is 0 Å². The second kappa shape index (κ2) is 6.41. The van der Waals surface area contributed by atoms with Crippen molar-refractivity contribution in [1.29, 1.82) is 5.26 Å². The van der Waals surface area contributed by atoms with Crippen LogP contribution in [0.4, 0.5) is 0 Å². The number of hydrogen-bond acceptors (Lipinski definition) is 2. The molecule has 1 N–H and O–H groups in total. The number of nitrogens with one attached hydrogen (secondary N) is 1. The Morgan fingerprint density at radius 1 is 1.59 bits per heavy atom. The van der Waals surface area contributed by atoms with Crippen LogP contribution in [0, 0.1) is 17.2 Å². The van der Waals surface area contributed by atoms with Gasteiger partial charge in [0.05, 0.1) is 6.07 Å². The van der Waals surface area contributed by atoms with E-state index in [4.69, 9.17) is 5.26 Å². The highest BCUT2D eigenvalue weighted by Gasteiger charge is 2.17. The van der Waals surface area contributed by atoms with Crippen molar-refractivity contribution in [3.8, 4) is 6.07 Å². The summed E-state index contributed by atoms with van der Waals surface area (Å²) in [5, 5.41) is 11.8. The highest BCUT2D eigenvalue weighted by molar-refractivity contribution is 9.10. The predicted molar refractivity (Wildman–Crippen MR) is 70.1 cm³/mol. The minimum absolute atomic E-state index is 0.0713. The molecule has 1 aromatic rings. The number of nitriles is 1. The molecule has 0 aliphatic rings. The molecule has 1 aromatic carbocycles. The van der Waals surface area contributed by atoms with E-state index in [2.05, 4.69) is 27.3 Å². The molecule has 0 aromatic heterocycles. The number of carbonyl (C=O) groups excluding carboxylic acids is 1. The van der Waals surface area contributed by atoms with Gasteiger partial charge in [-0.25, -0.2) is 0 Å². The first kappa shape index (κ1) is 13.7. The zero-order valence-corrected chi connectivity index (χ0v) is 11.5. The lowest BCUT2D eigenvalue weighted by atomic mass is 10.1. The third kappa shape index (κ3) is 3.86. The number of carbonyl (C=O) groups is 1. The van der Waals surface area contributed by atoms with Gasteiger partial charge in [-0.3, -0.25) is 4.79 Å². The fourth-order valence-corrected chi connectivity index (χ4v) is 1.76. The number of hydrogen-bond donors (Lipinski definition) is 1. The molecule has 0 unspecified atom stereocenters. The topological polar surface area (TPSA) is 52.9 Å². The number of benzene rings is 1. The Morgan fingerprint density at radius 3 is 2.82 bits per heavy atom. The molecule has 0 saturated carbocycles. The van der Waals surface area contributed by atoms with Crippen LogP contribution in [0.3, 0.4) is 0 Å². The standard InChI is InChI=1S/C13H15BrN2O/c1-3-9(2)13(17)16-12(8-15)10-5-4-6-11(14)7-10/h4-7,9,12H,3H2,1-2H3,(H,16,17)/t9-,12-/m0/s1. The van der Waals surface area contributed by atoms with Gasteiger partial charge in [-0.15, -0.1) is 0 Å². The first-order chi connectivity index (χ1) is 8.08. The van der Waals surface area contributed by atoms with Crippen molar-refractivity contribution in [3.63, 3.8) is 0 Å². The summed E-state index contributed by atoms with van der Waals surface area (Å²) in [6.07, 6.45) is 0.766. The molecule has 0 spiro atoms. The molecular formula is C13H15BrN2O. The van der Waals surface area contributed by atoms with Gasteiger partial charge in [0, 0.05) is 10.4 Å². The van der Waals surface area contributed by atoms with E-state index in [-0.39, 0.29) is 11.8 Å². The van der Waals surface area contributed by atoms with Crippen LogP contribution in [0.5, 0.6) is 0 Å². The minimum Gasteiger partial charge on any atom is -0.336 e. The van der Waals surface area contributed by atoms with E-state index in [1.807, 2.05) is 38.1 Å². The Labute approximate surface area is 110 Å². The van der Waals surface area contributed by atoms with E-state index in [0.717, 1.165) is 16.5 Å². The Morgan fingerprint density at radius 2 is 2.29 bits per heavy atom. The van der Waals surface area contributed by atoms with Crippen molar-refractivity contribution in [3.05, 3.63) is 34.3 Å². The summed E-state index contributed by atoms with van der Waals surface area (Å²) in [5.74, 6) is -0.156. The zero-order chi connectivity index (χ0) is 12.8. The van der Waals surface area contributed by atoms with Gasteiger partial charge >= 0.3 is 0 Å². The normalized spacial score (nSPS) is 13.5. The van der Waals surface area contributed by atoms with E-state index < -0.39 is 6.04 Å². The van der Waals surface area contributed by atoms with Crippen molar-refractivity contribution in [2.75, 3.05) is 0 Å². The SMILES string of the molecule is CC[C@H](C)C(=O)N[C@@H](C#N)c1cccc(Br)c1.